The molecule has 45 heavy (non-hydrogen) atoms. The van der Waals surface area contributed by atoms with Crippen molar-refractivity contribution in [2.75, 3.05) is 7.11 Å². The summed E-state index contributed by atoms with van der Waals surface area (Å²) in [6.45, 7) is 14.0. The van der Waals surface area contributed by atoms with Gasteiger partial charge in [0.15, 0.2) is 5.78 Å². The fourth-order valence-corrected chi connectivity index (χ4v) is 6.93. The molecule has 0 amide bonds. The number of nitrogens with zero attached hydrogens (tertiary/aromatic N) is 4. The number of carbonyl (C=O) groups excluding carboxylic acids is 2. The number of esters is 1. The zero-order valence-corrected chi connectivity index (χ0v) is 29.4. The molecule has 3 aliphatic rings. The molecule has 8 bridgehead atoms. The van der Waals surface area contributed by atoms with E-state index in [2.05, 4.69) is 13.5 Å². The van der Waals surface area contributed by atoms with Crippen molar-refractivity contribution < 1.29 is 43.7 Å². The fourth-order valence-electron chi connectivity index (χ4n) is 6.93. The molecular formula is C35H34N4O5Zn-4. The van der Waals surface area contributed by atoms with Crippen LogP contribution in [-0.2, 0) is 40.2 Å². The molecule has 3 aromatic heterocycles. The maximum atomic E-state index is 14.0. The van der Waals surface area contributed by atoms with E-state index < -0.39 is 17.9 Å². The molecule has 0 unspecified atom stereocenters. The topological polar surface area (TPSA) is 137 Å². The Balaban J connectivity index is 0.00000400. The van der Waals surface area contributed by atoms with E-state index in [4.69, 9.17) is 25.0 Å². The van der Waals surface area contributed by atoms with Crippen molar-refractivity contribution in [2.24, 2.45) is 17.8 Å². The van der Waals surface area contributed by atoms with Gasteiger partial charge in [-0.25, -0.2) is 0 Å². The summed E-state index contributed by atoms with van der Waals surface area (Å²) >= 11 is 0. The summed E-state index contributed by atoms with van der Waals surface area (Å²) in [7, 11) is 1.25. The third kappa shape index (κ3) is 5.00. The van der Waals surface area contributed by atoms with Gasteiger partial charge >= 0.3 is 11.9 Å². The van der Waals surface area contributed by atoms with Crippen LogP contribution < -0.4 is 25.7 Å². The Kier molecular flexibility index (Phi) is 8.58. The van der Waals surface area contributed by atoms with Crippen molar-refractivity contribution in [3.63, 3.8) is 0 Å². The van der Waals surface area contributed by atoms with Gasteiger partial charge in [-0.05, 0) is 51.0 Å². The van der Waals surface area contributed by atoms with Crippen molar-refractivity contribution in [1.29, 1.82) is 0 Å². The number of ketones is 1. The summed E-state index contributed by atoms with van der Waals surface area (Å²) in [4.78, 5) is 53.8. The minimum absolute atomic E-state index is 0. The predicted molar refractivity (Wildman–Crippen MR) is 167 cm³/mol. The Hall–Kier alpha value is -4.17. The van der Waals surface area contributed by atoms with E-state index in [0.717, 1.165) is 50.8 Å². The van der Waals surface area contributed by atoms with Crippen LogP contribution in [-0.4, -0.2) is 29.9 Å². The number of fused-ring (bicyclic) bond motifs is 7. The summed E-state index contributed by atoms with van der Waals surface area (Å²) in [6, 6.07) is 0. The van der Waals surface area contributed by atoms with Gasteiger partial charge in [0.25, 0.3) is 0 Å². The first kappa shape index (κ1) is 32.2. The molecule has 3 aromatic rings. The quantitative estimate of drug-likeness (QED) is 0.240. The molecule has 0 aromatic carbocycles. The van der Waals surface area contributed by atoms with Gasteiger partial charge in [-0.2, -0.15) is 11.4 Å². The molecule has 0 radical (unpaired) electrons. The number of hydrogen-bond donors (Lipinski definition) is 1. The van der Waals surface area contributed by atoms with Crippen molar-refractivity contribution in [1.82, 2.24) is 15.0 Å². The molecule has 230 valence electrons. The van der Waals surface area contributed by atoms with Gasteiger partial charge in [0, 0.05) is 31.5 Å². The van der Waals surface area contributed by atoms with Gasteiger partial charge in [0.2, 0.25) is 0 Å². The molecule has 2 aliphatic heterocycles. The second-order valence-corrected chi connectivity index (χ2v) is 11.7. The standard InChI is InChI=1S/C35H36N4O5.Zn/c1-8-19-15(3)22-12-24-17(5)21(10-11-28(40)41)32(38-24)30-31(35(43)44-7)34(42)29-18(6)25(39-33(29)30)14-27-20(9-2)16(4)23(37-27)13-26(19)36-22;/h8,12-14,17,21,31H,1,9-11H2,2-7H3,(H3,38,39,40,41,42);/q-2;/p-2/b23-13-,24-12-,27-14-;/t17-,21-,31+;/m0./s1. The number of hydrogen-bond acceptors (Lipinski definition) is 4. The largest absolute Gasteiger partial charge is 0.664 e. The van der Waals surface area contributed by atoms with E-state index in [1.54, 1.807) is 6.08 Å². The second-order valence-electron chi connectivity index (χ2n) is 11.7. The number of rotatable bonds is 6. The Morgan fingerprint density at radius 3 is 2.33 bits per heavy atom. The number of carboxylic acid groups (broad SMARTS) is 1. The minimum atomic E-state index is -1.23. The number of allylic oxidation sites excluding steroid dienone is 2. The third-order valence-corrected chi connectivity index (χ3v) is 9.41. The molecule has 3 atom stereocenters. The molecule has 0 spiro atoms. The number of aliphatic carboxylic acids is 1. The van der Waals surface area contributed by atoms with E-state index >= 15 is 0 Å². The summed E-state index contributed by atoms with van der Waals surface area (Å²) in [5.41, 5.74) is 9.03. The van der Waals surface area contributed by atoms with E-state index in [9.17, 15) is 19.5 Å². The normalized spacial score (nSPS) is 24.0. The van der Waals surface area contributed by atoms with Crippen molar-refractivity contribution in [2.45, 2.75) is 53.9 Å². The molecule has 1 saturated heterocycles. The Morgan fingerprint density at radius 1 is 1.00 bits per heavy atom. The van der Waals surface area contributed by atoms with Gasteiger partial charge in [0.1, 0.15) is 5.92 Å². The van der Waals surface area contributed by atoms with Crippen molar-refractivity contribution in [3.8, 4) is 0 Å². The first-order valence-electron chi connectivity index (χ1n) is 14.8. The van der Waals surface area contributed by atoms with Gasteiger partial charge in [-0.1, -0.05) is 72.6 Å². The molecule has 0 saturated carbocycles. The first-order valence-corrected chi connectivity index (χ1v) is 14.8. The summed E-state index contributed by atoms with van der Waals surface area (Å²) in [5.74, 6) is -3.82. The summed E-state index contributed by atoms with van der Waals surface area (Å²) < 4.78 is 5.11. The van der Waals surface area contributed by atoms with Crippen LogP contribution in [0.2, 0.25) is 0 Å². The van der Waals surface area contributed by atoms with Crippen LogP contribution in [0.15, 0.2) is 18.0 Å². The second kappa shape index (κ2) is 12.0. The molecule has 6 rings (SSSR count). The van der Waals surface area contributed by atoms with Crippen LogP contribution in [0.1, 0.15) is 87.6 Å². The molecular weight excluding hydrogens is 622 g/mol. The zero-order valence-electron chi connectivity index (χ0n) is 26.4. The van der Waals surface area contributed by atoms with E-state index in [1.165, 1.54) is 7.11 Å². The Bertz CT molecular complexity index is 1970. The van der Waals surface area contributed by atoms with Gasteiger partial charge in [0.05, 0.1) is 7.11 Å². The molecule has 9 nitrogen and oxygen atoms in total. The predicted octanol–water partition coefficient (Wildman–Crippen LogP) is 3.90. The average molecular weight is 656 g/mol. The maximum absolute atomic E-state index is 14.0. The smallest absolute Gasteiger partial charge is 0.321 e. The number of methoxy groups -OCH3 is 1. The van der Waals surface area contributed by atoms with Crippen LogP contribution in [0.3, 0.4) is 0 Å². The number of carboxylic acids is 1. The number of carbonyl (C=O) groups is 3. The molecule has 1 fully saturated rings. The van der Waals surface area contributed by atoms with Gasteiger partial charge in [-0.15, -0.1) is 33.5 Å². The monoisotopic (exact) mass is 654 g/mol. The van der Waals surface area contributed by atoms with E-state index in [-0.39, 0.29) is 49.9 Å². The van der Waals surface area contributed by atoms with Gasteiger partial charge in [-0.3, -0.25) is 14.4 Å². The SMILES string of the molecule is C=Cc1c2[n-]c(c1C)/C=C1\[N-]/C(=C3\c4[n-]c(c(C)c4C(=O)[C@@H]3C(=O)OC)/C=c3\[n-]/c(c(C)c3CC)=C\2)[C@@H](CCC(=O)O)[C@@H]1C.[Zn]. The minimum Gasteiger partial charge on any atom is -0.664 e. The van der Waals surface area contributed by atoms with Crippen molar-refractivity contribution >= 4 is 47.6 Å². The summed E-state index contributed by atoms with van der Waals surface area (Å²) in [5, 5.41) is 16.2. The van der Waals surface area contributed by atoms with E-state index in [1.807, 2.05) is 45.9 Å². The fraction of sp³-hybridized carbons (Fsp3) is 0.343. The third-order valence-electron chi connectivity index (χ3n) is 9.41. The zero-order chi connectivity index (χ0) is 31.6. The molecule has 1 aliphatic carbocycles. The molecule has 1 N–H and O–H groups in total. The van der Waals surface area contributed by atoms with Gasteiger partial charge < -0.3 is 30.1 Å². The maximum Gasteiger partial charge on any atom is 0.321 e. The molecule has 5 heterocycles. The number of aromatic nitrogens is 3. The van der Waals surface area contributed by atoms with Crippen LogP contribution in [0, 0.1) is 38.5 Å². The van der Waals surface area contributed by atoms with Crippen molar-refractivity contribution in [3.05, 3.63) is 90.1 Å². The number of ether oxygens (including phenoxy) is 1. The average Bonchev–Trinajstić information content (AvgIpc) is 3.72. The first-order chi connectivity index (χ1) is 21.0. The Morgan fingerprint density at radius 2 is 1.69 bits per heavy atom. The van der Waals surface area contributed by atoms with E-state index in [0.29, 0.717) is 39.5 Å². The van der Waals surface area contributed by atoms with Crippen LogP contribution in [0.25, 0.3) is 35.2 Å². The van der Waals surface area contributed by atoms with Crippen LogP contribution in [0.4, 0.5) is 0 Å². The molecule has 10 heteroatoms. The number of Topliss-reactive ketones (excluding diaryl/α,β-unsaturated/α-hetero) is 1. The Labute approximate surface area is 274 Å². The van der Waals surface area contributed by atoms with Crippen LogP contribution >= 0.6 is 0 Å². The van der Waals surface area contributed by atoms with Crippen LogP contribution in [0.5, 0.6) is 0 Å². The summed E-state index contributed by atoms with van der Waals surface area (Å²) in [6.07, 6.45) is 8.51.